The van der Waals surface area contributed by atoms with Gasteiger partial charge < -0.3 is 5.32 Å². The van der Waals surface area contributed by atoms with E-state index in [4.69, 9.17) is 5.10 Å². The van der Waals surface area contributed by atoms with Crippen LogP contribution in [0.3, 0.4) is 0 Å². The third kappa shape index (κ3) is 2.69. The lowest BCUT2D eigenvalue weighted by atomic mass is 10.1. The molecule has 0 bridgehead atoms. The Balaban J connectivity index is 2.10. The summed E-state index contributed by atoms with van der Waals surface area (Å²) in [6.45, 7) is 7.60. The molecule has 3 heteroatoms. The van der Waals surface area contributed by atoms with Crippen molar-refractivity contribution in [2.75, 3.05) is 11.9 Å². The van der Waals surface area contributed by atoms with E-state index in [9.17, 15) is 0 Å². The maximum atomic E-state index is 4.92. The molecule has 0 unspecified atom stereocenters. The zero-order valence-electron chi connectivity index (χ0n) is 13.4. The Hall–Kier alpha value is -1.77. The molecule has 1 aromatic carbocycles. The Labute approximate surface area is 127 Å². The minimum atomic E-state index is 1.05. The van der Waals surface area contributed by atoms with Crippen LogP contribution in [-0.4, -0.2) is 16.3 Å². The van der Waals surface area contributed by atoms with Crippen molar-refractivity contribution in [3.63, 3.8) is 0 Å². The summed E-state index contributed by atoms with van der Waals surface area (Å²) in [4.78, 5) is 0. The minimum Gasteiger partial charge on any atom is -0.370 e. The Kier molecular flexibility index (Phi) is 4.00. The number of nitrogens with zero attached hydrogens (tertiary/aromatic N) is 2. The summed E-state index contributed by atoms with van der Waals surface area (Å²) in [5, 5.41) is 8.52. The van der Waals surface area contributed by atoms with Crippen molar-refractivity contribution < 1.29 is 0 Å². The SMILES string of the molecule is CCCc1nn(-c2ccc(C)c(C)c2)c2c1CCCCN2. The topological polar surface area (TPSA) is 29.9 Å². The highest BCUT2D eigenvalue weighted by Crippen LogP contribution is 2.29. The fourth-order valence-corrected chi connectivity index (χ4v) is 3.06. The first kappa shape index (κ1) is 14.2. The molecule has 3 rings (SSSR count). The highest BCUT2D eigenvalue weighted by atomic mass is 15.3. The van der Waals surface area contributed by atoms with Crippen LogP contribution in [0.25, 0.3) is 5.69 Å². The number of aromatic nitrogens is 2. The Morgan fingerprint density at radius 2 is 2.05 bits per heavy atom. The van der Waals surface area contributed by atoms with Crippen LogP contribution in [0.4, 0.5) is 5.82 Å². The molecule has 0 amide bonds. The van der Waals surface area contributed by atoms with Crippen molar-refractivity contribution in [3.05, 3.63) is 40.6 Å². The highest BCUT2D eigenvalue weighted by molar-refractivity contribution is 5.55. The molecule has 0 aliphatic carbocycles. The van der Waals surface area contributed by atoms with Crippen molar-refractivity contribution in [2.24, 2.45) is 0 Å². The molecule has 1 aliphatic heterocycles. The van der Waals surface area contributed by atoms with Crippen LogP contribution in [-0.2, 0) is 12.8 Å². The molecule has 2 heterocycles. The van der Waals surface area contributed by atoms with Gasteiger partial charge in [0, 0.05) is 12.1 Å². The first-order valence-electron chi connectivity index (χ1n) is 8.13. The van der Waals surface area contributed by atoms with E-state index < -0.39 is 0 Å². The molecule has 0 saturated carbocycles. The van der Waals surface area contributed by atoms with E-state index in [-0.39, 0.29) is 0 Å². The van der Waals surface area contributed by atoms with E-state index in [1.54, 1.807) is 0 Å². The van der Waals surface area contributed by atoms with Gasteiger partial charge in [0.2, 0.25) is 0 Å². The molecule has 112 valence electrons. The van der Waals surface area contributed by atoms with Crippen LogP contribution in [0.2, 0.25) is 0 Å². The monoisotopic (exact) mass is 283 g/mol. The molecule has 0 spiro atoms. The van der Waals surface area contributed by atoms with Gasteiger partial charge in [0.15, 0.2) is 0 Å². The maximum absolute atomic E-state index is 4.92. The molecular weight excluding hydrogens is 258 g/mol. The molecule has 3 nitrogen and oxygen atoms in total. The third-order valence-electron chi connectivity index (χ3n) is 4.43. The zero-order valence-corrected chi connectivity index (χ0v) is 13.4. The number of anilines is 1. The van der Waals surface area contributed by atoms with Crippen LogP contribution in [0.5, 0.6) is 0 Å². The van der Waals surface area contributed by atoms with Crippen LogP contribution in [0.1, 0.15) is 48.6 Å². The number of hydrogen-bond donors (Lipinski definition) is 1. The second-order valence-corrected chi connectivity index (χ2v) is 6.09. The van der Waals surface area contributed by atoms with Gasteiger partial charge in [-0.1, -0.05) is 19.4 Å². The van der Waals surface area contributed by atoms with Crippen molar-refractivity contribution in [1.82, 2.24) is 9.78 Å². The van der Waals surface area contributed by atoms with Gasteiger partial charge in [0.1, 0.15) is 5.82 Å². The van der Waals surface area contributed by atoms with Gasteiger partial charge >= 0.3 is 0 Å². The molecule has 0 saturated heterocycles. The van der Waals surface area contributed by atoms with E-state index in [0.29, 0.717) is 0 Å². The van der Waals surface area contributed by atoms with Gasteiger partial charge in [-0.25, -0.2) is 4.68 Å². The van der Waals surface area contributed by atoms with Gasteiger partial charge in [-0.05, 0) is 62.8 Å². The molecule has 1 aromatic heterocycles. The lowest BCUT2D eigenvalue weighted by Crippen LogP contribution is -2.07. The summed E-state index contributed by atoms with van der Waals surface area (Å²) in [5.41, 5.74) is 6.54. The second kappa shape index (κ2) is 5.92. The minimum absolute atomic E-state index is 1.05. The second-order valence-electron chi connectivity index (χ2n) is 6.09. The molecule has 0 atom stereocenters. The average molecular weight is 283 g/mol. The van der Waals surface area contributed by atoms with Gasteiger partial charge in [0.25, 0.3) is 0 Å². The lowest BCUT2D eigenvalue weighted by molar-refractivity contribution is 0.753. The summed E-state index contributed by atoms with van der Waals surface area (Å²) in [7, 11) is 0. The molecule has 21 heavy (non-hydrogen) atoms. The first-order valence-corrected chi connectivity index (χ1v) is 8.13. The predicted octanol–water partition coefficient (Wildman–Crippen LogP) is 4.19. The smallest absolute Gasteiger partial charge is 0.133 e. The van der Waals surface area contributed by atoms with Crippen LogP contribution in [0.15, 0.2) is 18.2 Å². The maximum Gasteiger partial charge on any atom is 0.133 e. The van der Waals surface area contributed by atoms with Crippen LogP contribution >= 0.6 is 0 Å². The lowest BCUT2D eigenvalue weighted by Gasteiger charge is -2.11. The Morgan fingerprint density at radius 1 is 1.19 bits per heavy atom. The third-order valence-corrected chi connectivity index (χ3v) is 4.43. The summed E-state index contributed by atoms with van der Waals surface area (Å²) in [6.07, 6.45) is 5.88. The molecular formula is C18H25N3. The van der Waals surface area contributed by atoms with E-state index in [0.717, 1.165) is 25.8 Å². The number of rotatable bonds is 3. The summed E-state index contributed by atoms with van der Waals surface area (Å²) in [5.74, 6) is 1.22. The normalized spacial score (nSPS) is 14.4. The molecule has 1 N–H and O–H groups in total. The van der Waals surface area contributed by atoms with Crippen LogP contribution < -0.4 is 5.32 Å². The number of benzene rings is 1. The number of aryl methyl sites for hydroxylation is 3. The Morgan fingerprint density at radius 3 is 2.81 bits per heavy atom. The van der Waals surface area contributed by atoms with Crippen molar-refractivity contribution in [3.8, 4) is 5.69 Å². The zero-order chi connectivity index (χ0) is 14.8. The molecule has 1 aliphatic rings. The van der Waals surface area contributed by atoms with E-state index in [1.165, 1.54) is 46.7 Å². The van der Waals surface area contributed by atoms with Gasteiger partial charge in [-0.3, -0.25) is 0 Å². The van der Waals surface area contributed by atoms with E-state index >= 15 is 0 Å². The van der Waals surface area contributed by atoms with Gasteiger partial charge in [0.05, 0.1) is 11.4 Å². The van der Waals surface area contributed by atoms with Gasteiger partial charge in [-0.2, -0.15) is 5.10 Å². The Bertz CT molecular complexity index is 640. The fraction of sp³-hybridized carbons (Fsp3) is 0.500. The summed E-state index contributed by atoms with van der Waals surface area (Å²) >= 11 is 0. The molecule has 0 fully saturated rings. The number of hydrogen-bond acceptors (Lipinski definition) is 2. The fourth-order valence-electron chi connectivity index (χ4n) is 3.06. The molecule has 0 radical (unpaired) electrons. The van der Waals surface area contributed by atoms with Crippen LogP contribution in [0, 0.1) is 13.8 Å². The van der Waals surface area contributed by atoms with Crippen molar-refractivity contribution in [2.45, 2.75) is 52.9 Å². The predicted molar refractivity (Wildman–Crippen MR) is 88.5 cm³/mol. The number of fused-ring (bicyclic) bond motifs is 1. The van der Waals surface area contributed by atoms with E-state index in [2.05, 4.69) is 49.0 Å². The van der Waals surface area contributed by atoms with E-state index in [1.807, 2.05) is 0 Å². The average Bonchev–Trinajstić information content (AvgIpc) is 2.66. The summed E-state index contributed by atoms with van der Waals surface area (Å²) in [6, 6.07) is 6.61. The highest BCUT2D eigenvalue weighted by Gasteiger charge is 2.20. The van der Waals surface area contributed by atoms with Gasteiger partial charge in [-0.15, -0.1) is 0 Å². The standard InChI is InChI=1S/C18H25N3/c1-4-7-17-16-8-5-6-11-19-18(16)21(20-17)15-10-9-13(2)14(3)12-15/h9-10,12,19H,4-8,11H2,1-3H3. The summed E-state index contributed by atoms with van der Waals surface area (Å²) < 4.78 is 2.12. The molecule has 2 aromatic rings. The first-order chi connectivity index (χ1) is 10.2. The largest absolute Gasteiger partial charge is 0.370 e. The van der Waals surface area contributed by atoms with Crippen molar-refractivity contribution in [1.29, 1.82) is 0 Å². The number of nitrogens with one attached hydrogen (secondary N) is 1. The van der Waals surface area contributed by atoms with Crippen molar-refractivity contribution >= 4 is 5.82 Å². The quantitative estimate of drug-likeness (QED) is 0.915.